The van der Waals surface area contributed by atoms with Gasteiger partial charge in [-0.3, -0.25) is 0 Å². The molecule has 22 heavy (non-hydrogen) atoms. The zero-order valence-electron chi connectivity index (χ0n) is 14.4. The Kier molecular flexibility index (Phi) is 4.13. The van der Waals surface area contributed by atoms with E-state index >= 15 is 0 Å². The number of likely N-dealkylation sites (N-methyl/N-ethyl adjacent to an activating group) is 1. The summed E-state index contributed by atoms with van der Waals surface area (Å²) in [6.07, 6.45) is 5.93. The number of hydrogen-bond acceptors (Lipinski definition) is 3. The van der Waals surface area contributed by atoms with Crippen molar-refractivity contribution in [1.82, 2.24) is 14.5 Å². The molecule has 0 atom stereocenters. The molecule has 2 N–H and O–H groups in total. The molecule has 0 fully saturated rings. The molecule has 120 valence electrons. The second-order valence-electron chi connectivity index (χ2n) is 6.88. The first-order chi connectivity index (χ1) is 10.5. The second-order valence-corrected chi connectivity index (χ2v) is 6.88. The standard InChI is InChI=1S/C18H28N4/c1-12-13(2)22(11-10-21(3)4)18-16(12)17(19)14-8-6-5-7-9-15(14)20-18/h5-11H2,1-4H3,(H2,19,20). The van der Waals surface area contributed by atoms with Gasteiger partial charge in [-0.25, -0.2) is 4.98 Å². The highest BCUT2D eigenvalue weighted by atomic mass is 15.1. The van der Waals surface area contributed by atoms with Crippen LogP contribution in [0.4, 0.5) is 5.69 Å². The summed E-state index contributed by atoms with van der Waals surface area (Å²) < 4.78 is 2.35. The number of anilines is 1. The molecule has 0 saturated heterocycles. The molecule has 0 amide bonds. The van der Waals surface area contributed by atoms with E-state index in [0.717, 1.165) is 37.3 Å². The molecular weight excluding hydrogens is 272 g/mol. The quantitative estimate of drug-likeness (QED) is 0.886. The van der Waals surface area contributed by atoms with Crippen LogP contribution < -0.4 is 5.73 Å². The summed E-state index contributed by atoms with van der Waals surface area (Å²) >= 11 is 0. The Morgan fingerprint density at radius 3 is 2.59 bits per heavy atom. The lowest BCUT2D eigenvalue weighted by molar-refractivity contribution is 0.384. The summed E-state index contributed by atoms with van der Waals surface area (Å²) in [4.78, 5) is 7.28. The molecule has 0 spiro atoms. The minimum atomic E-state index is 0.967. The Balaban J connectivity index is 2.19. The average Bonchev–Trinajstić information content (AvgIpc) is 2.65. The SMILES string of the molecule is Cc1c(C)n(CCN(C)C)c2nc3c(c(N)c12)CCCCC3. The van der Waals surface area contributed by atoms with Gasteiger partial charge in [-0.05, 0) is 64.8 Å². The van der Waals surface area contributed by atoms with E-state index < -0.39 is 0 Å². The third-order valence-corrected chi connectivity index (χ3v) is 5.10. The van der Waals surface area contributed by atoms with Gasteiger partial charge in [-0.1, -0.05) is 6.42 Å². The Morgan fingerprint density at radius 2 is 1.86 bits per heavy atom. The number of rotatable bonds is 3. The molecule has 1 aliphatic rings. The lowest BCUT2D eigenvalue weighted by atomic mass is 10.0. The van der Waals surface area contributed by atoms with Gasteiger partial charge >= 0.3 is 0 Å². The van der Waals surface area contributed by atoms with Crippen LogP contribution >= 0.6 is 0 Å². The summed E-state index contributed by atoms with van der Waals surface area (Å²) in [6.45, 7) is 6.36. The van der Waals surface area contributed by atoms with Crippen molar-refractivity contribution < 1.29 is 0 Å². The number of aromatic nitrogens is 2. The van der Waals surface area contributed by atoms with Crippen molar-refractivity contribution in [3.63, 3.8) is 0 Å². The van der Waals surface area contributed by atoms with Crippen molar-refractivity contribution in [2.45, 2.75) is 52.5 Å². The minimum Gasteiger partial charge on any atom is -0.398 e. The first kappa shape index (κ1) is 15.3. The predicted molar refractivity (Wildman–Crippen MR) is 93.4 cm³/mol. The molecule has 0 radical (unpaired) electrons. The number of nitrogen functional groups attached to an aromatic ring is 1. The van der Waals surface area contributed by atoms with Crippen LogP contribution in [0.1, 0.15) is 41.8 Å². The molecule has 1 aliphatic carbocycles. The second kappa shape index (κ2) is 5.92. The predicted octanol–water partition coefficient (Wildman–Crippen LogP) is 3.07. The molecule has 4 heteroatoms. The van der Waals surface area contributed by atoms with Gasteiger partial charge in [0.25, 0.3) is 0 Å². The van der Waals surface area contributed by atoms with Crippen LogP contribution in [0.3, 0.4) is 0 Å². The summed E-state index contributed by atoms with van der Waals surface area (Å²) in [7, 11) is 4.23. The molecule has 2 heterocycles. The fourth-order valence-electron chi connectivity index (χ4n) is 3.62. The molecule has 3 rings (SSSR count). The average molecular weight is 300 g/mol. The van der Waals surface area contributed by atoms with Gasteiger partial charge in [0.15, 0.2) is 0 Å². The third kappa shape index (κ3) is 2.50. The van der Waals surface area contributed by atoms with Gasteiger partial charge < -0.3 is 15.2 Å². The van der Waals surface area contributed by atoms with Crippen LogP contribution in [0.25, 0.3) is 11.0 Å². The van der Waals surface area contributed by atoms with Gasteiger partial charge in [0.2, 0.25) is 0 Å². The molecule has 0 aromatic carbocycles. The van der Waals surface area contributed by atoms with Crippen molar-refractivity contribution in [2.75, 3.05) is 26.4 Å². The number of fused-ring (bicyclic) bond motifs is 2. The fraction of sp³-hybridized carbons (Fsp3) is 0.611. The van der Waals surface area contributed by atoms with Gasteiger partial charge in [0, 0.05) is 35.6 Å². The van der Waals surface area contributed by atoms with E-state index in [1.165, 1.54) is 47.2 Å². The topological polar surface area (TPSA) is 47.1 Å². The van der Waals surface area contributed by atoms with Gasteiger partial charge in [0.05, 0.1) is 0 Å². The fourth-order valence-corrected chi connectivity index (χ4v) is 3.62. The van der Waals surface area contributed by atoms with Crippen molar-refractivity contribution in [2.24, 2.45) is 0 Å². The first-order valence-corrected chi connectivity index (χ1v) is 8.42. The Hall–Kier alpha value is -1.55. The molecule has 0 unspecified atom stereocenters. The maximum Gasteiger partial charge on any atom is 0.142 e. The summed E-state index contributed by atoms with van der Waals surface area (Å²) in [5.41, 5.74) is 13.8. The van der Waals surface area contributed by atoms with E-state index in [9.17, 15) is 0 Å². The van der Waals surface area contributed by atoms with Crippen LogP contribution in [0.2, 0.25) is 0 Å². The maximum absolute atomic E-state index is 6.58. The zero-order chi connectivity index (χ0) is 15.9. The van der Waals surface area contributed by atoms with Gasteiger partial charge in [-0.2, -0.15) is 0 Å². The highest BCUT2D eigenvalue weighted by Crippen LogP contribution is 2.35. The normalized spacial score (nSPS) is 15.3. The number of nitrogens with zero attached hydrogens (tertiary/aromatic N) is 3. The minimum absolute atomic E-state index is 0.967. The van der Waals surface area contributed by atoms with Crippen LogP contribution in [-0.2, 0) is 19.4 Å². The number of hydrogen-bond donors (Lipinski definition) is 1. The smallest absolute Gasteiger partial charge is 0.142 e. The Labute approximate surface area is 133 Å². The highest BCUT2D eigenvalue weighted by Gasteiger charge is 2.21. The lowest BCUT2D eigenvalue weighted by Crippen LogP contribution is -2.19. The van der Waals surface area contributed by atoms with Crippen LogP contribution in [0.15, 0.2) is 0 Å². The van der Waals surface area contributed by atoms with Crippen molar-refractivity contribution in [1.29, 1.82) is 0 Å². The summed E-state index contributed by atoms with van der Waals surface area (Å²) in [6, 6.07) is 0. The molecule has 4 nitrogen and oxygen atoms in total. The zero-order valence-corrected chi connectivity index (χ0v) is 14.4. The Bertz CT molecular complexity index is 697. The van der Waals surface area contributed by atoms with Gasteiger partial charge in [-0.15, -0.1) is 0 Å². The van der Waals surface area contributed by atoms with Gasteiger partial charge in [0.1, 0.15) is 5.65 Å². The third-order valence-electron chi connectivity index (χ3n) is 5.10. The van der Waals surface area contributed by atoms with E-state index in [0.29, 0.717) is 0 Å². The van der Waals surface area contributed by atoms with Crippen LogP contribution in [0, 0.1) is 13.8 Å². The van der Waals surface area contributed by atoms with Crippen LogP contribution in [0.5, 0.6) is 0 Å². The van der Waals surface area contributed by atoms with Crippen LogP contribution in [-0.4, -0.2) is 35.1 Å². The number of aryl methyl sites for hydroxylation is 2. The molecule has 0 aliphatic heterocycles. The summed E-state index contributed by atoms with van der Waals surface area (Å²) in [5.74, 6) is 0. The van der Waals surface area contributed by atoms with E-state index in [1.807, 2.05) is 0 Å². The molecule has 0 bridgehead atoms. The summed E-state index contributed by atoms with van der Waals surface area (Å²) in [5, 5.41) is 1.19. The first-order valence-electron chi connectivity index (χ1n) is 8.42. The molecule has 0 saturated carbocycles. The van der Waals surface area contributed by atoms with Crippen molar-refractivity contribution in [3.05, 3.63) is 22.5 Å². The Morgan fingerprint density at radius 1 is 1.14 bits per heavy atom. The molecular formula is C18H28N4. The molecule has 2 aromatic rings. The number of nitrogens with two attached hydrogens (primary N) is 1. The largest absolute Gasteiger partial charge is 0.398 e. The van der Waals surface area contributed by atoms with Crippen molar-refractivity contribution >= 4 is 16.7 Å². The number of pyridine rings is 1. The highest BCUT2D eigenvalue weighted by molar-refractivity contribution is 5.95. The van der Waals surface area contributed by atoms with E-state index in [-0.39, 0.29) is 0 Å². The van der Waals surface area contributed by atoms with E-state index in [4.69, 9.17) is 10.7 Å². The van der Waals surface area contributed by atoms with E-state index in [1.54, 1.807) is 0 Å². The maximum atomic E-state index is 6.58. The van der Waals surface area contributed by atoms with Crippen molar-refractivity contribution in [3.8, 4) is 0 Å². The lowest BCUT2D eigenvalue weighted by Gasteiger charge is -2.14. The van der Waals surface area contributed by atoms with E-state index in [2.05, 4.69) is 37.4 Å². The molecule has 2 aromatic heterocycles. The monoisotopic (exact) mass is 300 g/mol.